The van der Waals surface area contributed by atoms with Crippen LogP contribution in [0.4, 0.5) is 0 Å². The summed E-state index contributed by atoms with van der Waals surface area (Å²) >= 11 is 0. The maximum Gasteiger partial charge on any atom is 0.114 e. The summed E-state index contributed by atoms with van der Waals surface area (Å²) in [5.74, 6) is -0.588. The molecule has 5 nitrogen and oxygen atoms in total. The van der Waals surface area contributed by atoms with Crippen molar-refractivity contribution in [3.8, 4) is 6.07 Å². The van der Waals surface area contributed by atoms with E-state index in [4.69, 9.17) is 10.4 Å². The maximum absolute atomic E-state index is 8.98. The van der Waals surface area contributed by atoms with Crippen molar-refractivity contribution < 1.29 is 5.11 Å². The van der Waals surface area contributed by atoms with Gasteiger partial charge in [0, 0.05) is 12.4 Å². The SMILES string of the molecule is N#CC(CO)c1nccn2nccc12. The van der Waals surface area contributed by atoms with Crippen molar-refractivity contribution in [3.63, 3.8) is 0 Å². The highest BCUT2D eigenvalue weighted by Crippen LogP contribution is 2.16. The highest BCUT2D eigenvalue weighted by Gasteiger charge is 2.14. The van der Waals surface area contributed by atoms with E-state index in [1.165, 1.54) is 0 Å². The van der Waals surface area contributed by atoms with Gasteiger partial charge in [0.1, 0.15) is 5.92 Å². The number of aromatic nitrogens is 3. The van der Waals surface area contributed by atoms with Gasteiger partial charge in [-0.3, -0.25) is 4.98 Å². The Hall–Kier alpha value is -1.93. The number of hydrogen-bond donors (Lipinski definition) is 1. The smallest absolute Gasteiger partial charge is 0.114 e. The number of fused-ring (bicyclic) bond motifs is 1. The van der Waals surface area contributed by atoms with Crippen molar-refractivity contribution in [1.29, 1.82) is 5.26 Å². The first-order valence-electron chi connectivity index (χ1n) is 4.15. The largest absolute Gasteiger partial charge is 0.395 e. The summed E-state index contributed by atoms with van der Waals surface area (Å²) in [6.07, 6.45) is 4.90. The minimum atomic E-state index is -0.588. The number of nitrogens with zero attached hydrogens (tertiary/aromatic N) is 4. The standard InChI is InChI=1S/C9H8N4O/c10-5-7(6-14)9-8-1-2-12-13(8)4-3-11-9/h1-4,7,14H,6H2. The molecule has 0 aliphatic heterocycles. The minimum absolute atomic E-state index is 0.228. The van der Waals surface area contributed by atoms with E-state index in [1.54, 1.807) is 29.2 Å². The van der Waals surface area contributed by atoms with E-state index in [2.05, 4.69) is 10.1 Å². The molecule has 14 heavy (non-hydrogen) atoms. The molecule has 0 fully saturated rings. The monoisotopic (exact) mass is 188 g/mol. The van der Waals surface area contributed by atoms with Crippen LogP contribution in [0.1, 0.15) is 11.6 Å². The van der Waals surface area contributed by atoms with E-state index in [-0.39, 0.29) is 6.61 Å². The Morgan fingerprint density at radius 2 is 2.43 bits per heavy atom. The third-order valence-electron chi connectivity index (χ3n) is 2.02. The van der Waals surface area contributed by atoms with Crippen LogP contribution in [0.5, 0.6) is 0 Å². The van der Waals surface area contributed by atoms with Crippen LogP contribution in [0.3, 0.4) is 0 Å². The van der Waals surface area contributed by atoms with Crippen molar-refractivity contribution in [3.05, 3.63) is 30.4 Å². The number of aliphatic hydroxyl groups excluding tert-OH is 1. The zero-order valence-corrected chi connectivity index (χ0v) is 7.33. The Morgan fingerprint density at radius 3 is 3.14 bits per heavy atom. The van der Waals surface area contributed by atoms with E-state index in [1.807, 2.05) is 6.07 Å². The zero-order valence-electron chi connectivity index (χ0n) is 7.33. The van der Waals surface area contributed by atoms with Gasteiger partial charge in [-0.2, -0.15) is 10.4 Å². The van der Waals surface area contributed by atoms with Gasteiger partial charge in [-0.1, -0.05) is 0 Å². The second-order valence-electron chi connectivity index (χ2n) is 2.84. The molecule has 0 amide bonds. The van der Waals surface area contributed by atoms with Gasteiger partial charge in [-0.15, -0.1) is 0 Å². The molecule has 1 unspecified atom stereocenters. The Balaban J connectivity index is 2.62. The van der Waals surface area contributed by atoms with Crippen molar-refractivity contribution >= 4 is 5.52 Å². The molecule has 0 aliphatic rings. The third kappa shape index (κ3) is 1.22. The van der Waals surface area contributed by atoms with Gasteiger partial charge in [0.25, 0.3) is 0 Å². The average molecular weight is 188 g/mol. The summed E-state index contributed by atoms with van der Waals surface area (Å²) in [5, 5.41) is 21.8. The van der Waals surface area contributed by atoms with E-state index >= 15 is 0 Å². The summed E-state index contributed by atoms with van der Waals surface area (Å²) in [6.45, 7) is -0.228. The van der Waals surface area contributed by atoms with Crippen LogP contribution >= 0.6 is 0 Å². The van der Waals surface area contributed by atoms with Crippen LogP contribution < -0.4 is 0 Å². The lowest BCUT2D eigenvalue weighted by atomic mass is 10.1. The summed E-state index contributed by atoms with van der Waals surface area (Å²) in [6, 6.07) is 3.76. The van der Waals surface area contributed by atoms with Gasteiger partial charge in [-0.25, -0.2) is 4.52 Å². The van der Waals surface area contributed by atoms with Crippen LogP contribution in [0.25, 0.3) is 5.52 Å². The first-order valence-corrected chi connectivity index (χ1v) is 4.15. The zero-order chi connectivity index (χ0) is 9.97. The minimum Gasteiger partial charge on any atom is -0.395 e. The van der Waals surface area contributed by atoms with Gasteiger partial charge < -0.3 is 5.11 Å². The van der Waals surface area contributed by atoms with E-state index in [9.17, 15) is 0 Å². The van der Waals surface area contributed by atoms with Gasteiger partial charge in [0.05, 0.1) is 30.1 Å². The first kappa shape index (κ1) is 8.66. The molecular formula is C9H8N4O. The van der Waals surface area contributed by atoms with E-state index < -0.39 is 5.92 Å². The lowest BCUT2D eigenvalue weighted by Gasteiger charge is -2.05. The highest BCUT2D eigenvalue weighted by molar-refractivity contribution is 5.53. The predicted molar refractivity (Wildman–Crippen MR) is 48.4 cm³/mol. The molecule has 5 heteroatoms. The second kappa shape index (κ2) is 3.44. The van der Waals surface area contributed by atoms with Crippen molar-refractivity contribution in [2.75, 3.05) is 6.61 Å². The molecule has 0 aromatic carbocycles. The van der Waals surface area contributed by atoms with Crippen LogP contribution in [0, 0.1) is 11.3 Å². The Bertz CT molecular complexity index is 485. The average Bonchev–Trinajstić information content (AvgIpc) is 2.68. The van der Waals surface area contributed by atoms with Gasteiger partial charge in [-0.05, 0) is 6.07 Å². The fourth-order valence-electron chi connectivity index (χ4n) is 1.34. The molecule has 0 spiro atoms. The lowest BCUT2D eigenvalue weighted by molar-refractivity contribution is 0.284. The second-order valence-corrected chi connectivity index (χ2v) is 2.84. The molecule has 2 aromatic rings. The number of rotatable bonds is 2. The lowest BCUT2D eigenvalue weighted by Crippen LogP contribution is -2.06. The van der Waals surface area contributed by atoms with Crippen LogP contribution in [0.15, 0.2) is 24.7 Å². The molecule has 0 saturated carbocycles. The molecule has 1 N–H and O–H groups in total. The Labute approximate surface area is 80.2 Å². The third-order valence-corrected chi connectivity index (χ3v) is 2.02. The molecule has 2 heterocycles. The highest BCUT2D eigenvalue weighted by atomic mass is 16.3. The first-order chi connectivity index (χ1) is 6.86. The summed E-state index contributed by atoms with van der Waals surface area (Å²) in [4.78, 5) is 4.08. The van der Waals surface area contributed by atoms with Gasteiger partial charge in [0.15, 0.2) is 0 Å². The molecule has 0 saturated heterocycles. The molecular weight excluding hydrogens is 180 g/mol. The number of hydrogen-bond acceptors (Lipinski definition) is 4. The quantitative estimate of drug-likeness (QED) is 0.736. The summed E-state index contributed by atoms with van der Waals surface area (Å²) in [5.41, 5.74) is 1.32. The maximum atomic E-state index is 8.98. The molecule has 70 valence electrons. The molecule has 1 atom stereocenters. The van der Waals surface area contributed by atoms with Crippen molar-refractivity contribution in [2.24, 2.45) is 0 Å². The van der Waals surface area contributed by atoms with E-state index in [0.29, 0.717) is 5.69 Å². The molecule has 0 bridgehead atoms. The van der Waals surface area contributed by atoms with Crippen molar-refractivity contribution in [1.82, 2.24) is 14.6 Å². The van der Waals surface area contributed by atoms with Gasteiger partial charge in [0.2, 0.25) is 0 Å². The van der Waals surface area contributed by atoms with E-state index in [0.717, 1.165) is 5.52 Å². The Morgan fingerprint density at radius 1 is 1.57 bits per heavy atom. The molecule has 2 rings (SSSR count). The number of nitriles is 1. The molecule has 0 radical (unpaired) electrons. The Kier molecular flexibility index (Phi) is 2.13. The summed E-state index contributed by atoms with van der Waals surface area (Å²) in [7, 11) is 0. The van der Waals surface area contributed by atoms with Crippen LogP contribution in [-0.4, -0.2) is 26.3 Å². The van der Waals surface area contributed by atoms with Crippen molar-refractivity contribution in [2.45, 2.75) is 5.92 Å². The predicted octanol–water partition coefficient (Wildman–Crippen LogP) is 0.329. The fourth-order valence-corrected chi connectivity index (χ4v) is 1.34. The topological polar surface area (TPSA) is 74.2 Å². The van der Waals surface area contributed by atoms with Crippen LogP contribution in [0.2, 0.25) is 0 Å². The van der Waals surface area contributed by atoms with Gasteiger partial charge >= 0.3 is 0 Å². The fraction of sp³-hybridized carbons (Fsp3) is 0.222. The number of aliphatic hydroxyl groups is 1. The normalized spacial score (nSPS) is 12.6. The molecule has 2 aromatic heterocycles. The summed E-state index contributed by atoms with van der Waals surface area (Å²) < 4.78 is 1.63. The van der Waals surface area contributed by atoms with Crippen LogP contribution in [-0.2, 0) is 0 Å². The molecule has 0 aliphatic carbocycles.